The van der Waals surface area contributed by atoms with Crippen LogP contribution >= 0.6 is 0 Å². The molecule has 0 saturated carbocycles. The first-order valence-electron chi connectivity index (χ1n) is 6.90. The van der Waals surface area contributed by atoms with Crippen molar-refractivity contribution in [1.82, 2.24) is 4.90 Å². The molecule has 4 heteroatoms. The van der Waals surface area contributed by atoms with E-state index in [-0.39, 0.29) is 11.7 Å². The molecule has 1 saturated heterocycles. The van der Waals surface area contributed by atoms with Gasteiger partial charge in [-0.3, -0.25) is 4.79 Å². The molecule has 20 heavy (non-hydrogen) atoms. The summed E-state index contributed by atoms with van der Waals surface area (Å²) in [5.41, 5.74) is 6.03. The van der Waals surface area contributed by atoms with Crippen molar-refractivity contribution in [3.05, 3.63) is 42.0 Å². The van der Waals surface area contributed by atoms with E-state index in [1.54, 1.807) is 11.0 Å². The van der Waals surface area contributed by atoms with Gasteiger partial charge in [-0.15, -0.1) is 0 Å². The van der Waals surface area contributed by atoms with Crippen molar-refractivity contribution in [3.8, 4) is 5.75 Å². The third kappa shape index (κ3) is 2.12. The lowest BCUT2D eigenvalue weighted by Gasteiger charge is -2.17. The SMILES string of the molecule is NCC1CCN(C(=O)c2ccc3ccccc3c2O)C1. The predicted molar refractivity (Wildman–Crippen MR) is 78.7 cm³/mol. The van der Waals surface area contributed by atoms with Gasteiger partial charge in [-0.05, 0) is 30.3 Å². The maximum atomic E-state index is 12.5. The molecule has 1 aliphatic heterocycles. The number of likely N-dealkylation sites (tertiary alicyclic amines) is 1. The average Bonchev–Trinajstić information content (AvgIpc) is 2.96. The number of rotatable bonds is 2. The Balaban J connectivity index is 1.94. The standard InChI is InChI=1S/C16H18N2O2/c17-9-11-7-8-18(10-11)16(20)14-6-5-12-3-1-2-4-13(12)15(14)19/h1-6,11,19H,7-10,17H2. The zero-order chi connectivity index (χ0) is 14.1. The van der Waals surface area contributed by atoms with Gasteiger partial charge in [0, 0.05) is 18.5 Å². The van der Waals surface area contributed by atoms with Gasteiger partial charge in [-0.2, -0.15) is 0 Å². The van der Waals surface area contributed by atoms with Crippen LogP contribution in [0.4, 0.5) is 0 Å². The molecule has 1 aliphatic rings. The van der Waals surface area contributed by atoms with Crippen molar-refractivity contribution in [2.45, 2.75) is 6.42 Å². The van der Waals surface area contributed by atoms with Crippen LogP contribution in [-0.4, -0.2) is 35.5 Å². The molecular formula is C16H18N2O2. The number of phenolic OH excluding ortho intramolecular Hbond substituents is 1. The molecular weight excluding hydrogens is 252 g/mol. The number of hydrogen-bond donors (Lipinski definition) is 2. The van der Waals surface area contributed by atoms with Gasteiger partial charge >= 0.3 is 0 Å². The molecule has 2 aromatic carbocycles. The molecule has 3 rings (SSSR count). The molecule has 0 spiro atoms. The number of hydrogen-bond acceptors (Lipinski definition) is 3. The molecule has 3 N–H and O–H groups in total. The van der Waals surface area contributed by atoms with Crippen molar-refractivity contribution >= 4 is 16.7 Å². The van der Waals surface area contributed by atoms with Crippen LogP contribution in [0.25, 0.3) is 10.8 Å². The highest BCUT2D eigenvalue weighted by molar-refractivity contribution is 6.03. The lowest BCUT2D eigenvalue weighted by Crippen LogP contribution is -2.29. The molecule has 2 aromatic rings. The number of nitrogens with two attached hydrogens (primary N) is 1. The maximum Gasteiger partial charge on any atom is 0.257 e. The second-order valence-electron chi connectivity index (χ2n) is 5.32. The van der Waals surface area contributed by atoms with Crippen molar-refractivity contribution in [1.29, 1.82) is 0 Å². The first-order chi connectivity index (χ1) is 9.70. The number of benzene rings is 2. The van der Waals surface area contributed by atoms with Gasteiger partial charge in [-0.25, -0.2) is 0 Å². The molecule has 1 unspecified atom stereocenters. The Morgan fingerprint density at radius 2 is 2.10 bits per heavy atom. The van der Waals surface area contributed by atoms with Crippen molar-refractivity contribution in [2.75, 3.05) is 19.6 Å². The number of nitrogens with zero attached hydrogens (tertiary/aromatic N) is 1. The lowest BCUT2D eigenvalue weighted by atomic mass is 10.0. The molecule has 0 radical (unpaired) electrons. The van der Waals surface area contributed by atoms with Crippen LogP contribution in [0.2, 0.25) is 0 Å². The number of phenols is 1. The van der Waals surface area contributed by atoms with E-state index in [1.807, 2.05) is 30.3 Å². The summed E-state index contributed by atoms with van der Waals surface area (Å²) in [5, 5.41) is 12.0. The van der Waals surface area contributed by atoms with Crippen LogP contribution in [0.3, 0.4) is 0 Å². The van der Waals surface area contributed by atoms with Crippen LogP contribution in [0.5, 0.6) is 5.75 Å². The van der Waals surface area contributed by atoms with Crippen molar-refractivity contribution in [2.24, 2.45) is 11.7 Å². The fourth-order valence-corrected chi connectivity index (χ4v) is 2.81. The van der Waals surface area contributed by atoms with Crippen LogP contribution in [-0.2, 0) is 0 Å². The Hall–Kier alpha value is -2.07. The summed E-state index contributed by atoms with van der Waals surface area (Å²) in [7, 11) is 0. The van der Waals surface area contributed by atoms with E-state index in [0.717, 1.165) is 11.8 Å². The topological polar surface area (TPSA) is 66.6 Å². The van der Waals surface area contributed by atoms with E-state index in [2.05, 4.69) is 0 Å². The van der Waals surface area contributed by atoms with E-state index >= 15 is 0 Å². The zero-order valence-corrected chi connectivity index (χ0v) is 11.2. The first kappa shape index (κ1) is 12.9. The van der Waals surface area contributed by atoms with Crippen LogP contribution in [0, 0.1) is 5.92 Å². The molecule has 104 valence electrons. The Kier molecular flexibility index (Phi) is 3.32. The number of aromatic hydroxyl groups is 1. The molecule has 1 heterocycles. The van der Waals surface area contributed by atoms with Gasteiger partial charge in [0.2, 0.25) is 0 Å². The highest BCUT2D eigenvalue weighted by atomic mass is 16.3. The number of carbonyl (C=O) groups is 1. The summed E-state index contributed by atoms with van der Waals surface area (Å²) in [5.74, 6) is 0.343. The highest BCUT2D eigenvalue weighted by Crippen LogP contribution is 2.30. The Morgan fingerprint density at radius 1 is 1.30 bits per heavy atom. The Morgan fingerprint density at radius 3 is 2.85 bits per heavy atom. The van der Waals surface area contributed by atoms with E-state index < -0.39 is 0 Å². The van der Waals surface area contributed by atoms with Crippen LogP contribution in [0.15, 0.2) is 36.4 Å². The summed E-state index contributed by atoms with van der Waals surface area (Å²) in [6.07, 6.45) is 0.941. The predicted octanol–water partition coefficient (Wildman–Crippen LogP) is 1.97. The normalized spacial score (nSPS) is 18.6. The first-order valence-corrected chi connectivity index (χ1v) is 6.90. The van der Waals surface area contributed by atoms with Crippen molar-refractivity contribution in [3.63, 3.8) is 0 Å². The highest BCUT2D eigenvalue weighted by Gasteiger charge is 2.27. The van der Waals surface area contributed by atoms with Gasteiger partial charge < -0.3 is 15.7 Å². The van der Waals surface area contributed by atoms with E-state index in [1.165, 1.54) is 0 Å². The fourth-order valence-electron chi connectivity index (χ4n) is 2.81. The van der Waals surface area contributed by atoms with E-state index in [9.17, 15) is 9.90 Å². The minimum atomic E-state index is -0.107. The summed E-state index contributed by atoms with van der Waals surface area (Å²) < 4.78 is 0. The monoisotopic (exact) mass is 270 g/mol. The van der Waals surface area contributed by atoms with Crippen molar-refractivity contribution < 1.29 is 9.90 Å². The third-order valence-corrected chi connectivity index (χ3v) is 4.04. The molecule has 0 aliphatic carbocycles. The smallest absolute Gasteiger partial charge is 0.257 e. The summed E-state index contributed by atoms with van der Waals surface area (Å²) in [6, 6.07) is 11.1. The zero-order valence-electron chi connectivity index (χ0n) is 11.2. The average molecular weight is 270 g/mol. The largest absolute Gasteiger partial charge is 0.506 e. The maximum absolute atomic E-state index is 12.5. The molecule has 1 amide bonds. The second kappa shape index (κ2) is 5.13. The minimum Gasteiger partial charge on any atom is -0.506 e. The number of carbonyl (C=O) groups excluding carboxylic acids is 1. The Bertz CT molecular complexity index is 654. The molecule has 0 aromatic heterocycles. The quantitative estimate of drug-likeness (QED) is 0.876. The van der Waals surface area contributed by atoms with E-state index in [0.29, 0.717) is 36.5 Å². The lowest BCUT2D eigenvalue weighted by molar-refractivity contribution is 0.0785. The fraction of sp³-hybridized carbons (Fsp3) is 0.312. The molecule has 1 atom stereocenters. The van der Waals surface area contributed by atoms with Gasteiger partial charge in [0.15, 0.2) is 0 Å². The molecule has 0 bridgehead atoms. The van der Waals surface area contributed by atoms with Gasteiger partial charge in [-0.1, -0.05) is 30.3 Å². The van der Waals surface area contributed by atoms with E-state index in [4.69, 9.17) is 5.73 Å². The summed E-state index contributed by atoms with van der Waals surface area (Å²) in [4.78, 5) is 14.3. The van der Waals surface area contributed by atoms with Crippen LogP contribution in [0.1, 0.15) is 16.8 Å². The van der Waals surface area contributed by atoms with Gasteiger partial charge in [0.05, 0.1) is 5.56 Å². The summed E-state index contributed by atoms with van der Waals surface area (Å²) >= 11 is 0. The Labute approximate surface area is 117 Å². The second-order valence-corrected chi connectivity index (χ2v) is 5.32. The van der Waals surface area contributed by atoms with Crippen LogP contribution < -0.4 is 5.73 Å². The number of fused-ring (bicyclic) bond motifs is 1. The minimum absolute atomic E-state index is 0.0734. The third-order valence-electron chi connectivity index (χ3n) is 4.04. The van der Waals surface area contributed by atoms with Gasteiger partial charge in [0.25, 0.3) is 5.91 Å². The summed E-state index contributed by atoms with van der Waals surface area (Å²) in [6.45, 7) is 2.00. The molecule has 1 fully saturated rings. The number of amides is 1. The molecule has 4 nitrogen and oxygen atoms in total. The van der Waals surface area contributed by atoms with Gasteiger partial charge in [0.1, 0.15) is 5.75 Å².